The van der Waals surface area contributed by atoms with Crippen LogP contribution in [0.15, 0.2) is 60.1 Å². The first kappa shape index (κ1) is 14.4. The quantitative estimate of drug-likeness (QED) is 0.615. The topological polar surface area (TPSA) is 66.0 Å². The molecule has 0 unspecified atom stereocenters. The first-order valence-electron chi connectivity index (χ1n) is 7.46. The third-order valence-corrected chi connectivity index (χ3v) is 4.58. The van der Waals surface area contributed by atoms with Crippen molar-refractivity contribution in [2.24, 2.45) is 0 Å². The summed E-state index contributed by atoms with van der Waals surface area (Å²) in [5.41, 5.74) is 3.05. The van der Waals surface area contributed by atoms with E-state index in [1.165, 1.54) is 0 Å². The lowest BCUT2D eigenvalue weighted by atomic mass is 10.2. The molecule has 0 saturated carbocycles. The summed E-state index contributed by atoms with van der Waals surface area (Å²) in [4.78, 5) is 5.58. The maximum absolute atomic E-state index is 9.73. The smallest absolute Gasteiger partial charge is 0.158 e. The number of rotatable bonds is 4. The van der Waals surface area contributed by atoms with Crippen molar-refractivity contribution in [3.63, 3.8) is 0 Å². The van der Waals surface area contributed by atoms with Gasteiger partial charge in [-0.3, -0.25) is 0 Å². The van der Waals surface area contributed by atoms with Crippen molar-refractivity contribution in [3.05, 3.63) is 71.2 Å². The maximum Gasteiger partial charge on any atom is 0.158 e. The second-order valence-corrected chi connectivity index (χ2v) is 6.16. The molecule has 0 spiro atoms. The lowest BCUT2D eigenvalue weighted by Gasteiger charge is -2.12. The number of thiophene rings is 1. The molecule has 1 N–H and O–H groups in total. The standard InChI is InChI=1S/C18H13N5S/c19-11-14-17(15-7-4-10-24-15)22-16-8-9-21-23(16)18(14)20-12-13-5-2-1-3-6-13/h1-10,20H,12H2. The largest absolute Gasteiger partial charge is 0.365 e. The molecule has 6 heteroatoms. The number of anilines is 1. The second kappa shape index (κ2) is 6.14. The molecule has 0 aliphatic carbocycles. The molecule has 0 saturated heterocycles. The molecule has 0 amide bonds. The highest BCUT2D eigenvalue weighted by Gasteiger charge is 2.17. The van der Waals surface area contributed by atoms with Crippen LogP contribution in [0.1, 0.15) is 11.1 Å². The summed E-state index contributed by atoms with van der Waals surface area (Å²) in [6, 6.07) is 18.1. The molecular weight excluding hydrogens is 318 g/mol. The van der Waals surface area contributed by atoms with Crippen molar-refractivity contribution >= 4 is 22.8 Å². The number of nitrogens with zero attached hydrogens (tertiary/aromatic N) is 4. The summed E-state index contributed by atoms with van der Waals surface area (Å²) in [7, 11) is 0. The lowest BCUT2D eigenvalue weighted by Crippen LogP contribution is -2.09. The van der Waals surface area contributed by atoms with Gasteiger partial charge in [0.2, 0.25) is 0 Å². The molecule has 3 heterocycles. The normalized spacial score (nSPS) is 10.6. The second-order valence-electron chi connectivity index (χ2n) is 5.21. The number of aromatic nitrogens is 3. The zero-order chi connectivity index (χ0) is 16.4. The van der Waals surface area contributed by atoms with Gasteiger partial charge in [-0.25, -0.2) is 4.98 Å². The molecule has 3 aromatic heterocycles. The van der Waals surface area contributed by atoms with Crippen LogP contribution < -0.4 is 5.32 Å². The highest BCUT2D eigenvalue weighted by Crippen LogP contribution is 2.31. The van der Waals surface area contributed by atoms with Gasteiger partial charge in [0, 0.05) is 12.6 Å². The number of nitriles is 1. The molecule has 0 aliphatic rings. The van der Waals surface area contributed by atoms with Gasteiger partial charge in [0.15, 0.2) is 11.5 Å². The van der Waals surface area contributed by atoms with Gasteiger partial charge in [-0.15, -0.1) is 11.3 Å². The van der Waals surface area contributed by atoms with E-state index in [4.69, 9.17) is 0 Å². The van der Waals surface area contributed by atoms with Crippen LogP contribution in [0.3, 0.4) is 0 Å². The summed E-state index contributed by atoms with van der Waals surface area (Å²) in [5.74, 6) is 0.666. The van der Waals surface area contributed by atoms with Crippen LogP contribution in [-0.2, 0) is 6.54 Å². The molecule has 116 valence electrons. The molecule has 5 nitrogen and oxygen atoms in total. The summed E-state index contributed by atoms with van der Waals surface area (Å²) in [6.07, 6.45) is 1.69. The van der Waals surface area contributed by atoms with Crippen LogP contribution in [0, 0.1) is 11.3 Å². The van der Waals surface area contributed by atoms with Crippen molar-refractivity contribution in [1.29, 1.82) is 5.26 Å². The fraction of sp³-hybridized carbons (Fsp3) is 0.0556. The fourth-order valence-electron chi connectivity index (χ4n) is 2.58. The molecule has 4 aromatic rings. The first-order valence-corrected chi connectivity index (χ1v) is 8.34. The van der Waals surface area contributed by atoms with Gasteiger partial charge in [0.05, 0.1) is 11.1 Å². The Morgan fingerprint density at radius 3 is 2.75 bits per heavy atom. The molecule has 24 heavy (non-hydrogen) atoms. The Morgan fingerprint density at radius 2 is 2.00 bits per heavy atom. The molecule has 0 aliphatic heterocycles. The van der Waals surface area contributed by atoms with Gasteiger partial charge in [-0.1, -0.05) is 36.4 Å². The summed E-state index contributed by atoms with van der Waals surface area (Å²) >= 11 is 1.57. The van der Waals surface area contributed by atoms with Crippen LogP contribution >= 0.6 is 11.3 Å². The number of hydrogen-bond acceptors (Lipinski definition) is 5. The number of hydrogen-bond donors (Lipinski definition) is 1. The Hall–Kier alpha value is -3.17. The molecule has 1 aromatic carbocycles. The van der Waals surface area contributed by atoms with Gasteiger partial charge < -0.3 is 5.32 Å². The van der Waals surface area contributed by atoms with Crippen molar-refractivity contribution in [2.45, 2.75) is 6.54 Å². The fourth-order valence-corrected chi connectivity index (χ4v) is 3.30. The Bertz CT molecular complexity index is 1010. The van der Waals surface area contributed by atoms with Gasteiger partial charge in [0.25, 0.3) is 0 Å². The monoisotopic (exact) mass is 331 g/mol. The highest BCUT2D eigenvalue weighted by molar-refractivity contribution is 7.13. The van der Waals surface area contributed by atoms with E-state index in [1.807, 2.05) is 53.9 Å². The van der Waals surface area contributed by atoms with E-state index in [-0.39, 0.29) is 0 Å². The number of benzene rings is 1. The van der Waals surface area contributed by atoms with Crippen molar-refractivity contribution in [1.82, 2.24) is 14.6 Å². The Kier molecular flexibility index (Phi) is 3.69. The summed E-state index contributed by atoms with van der Waals surface area (Å²) < 4.78 is 1.68. The molecule has 0 radical (unpaired) electrons. The van der Waals surface area contributed by atoms with Gasteiger partial charge in [-0.2, -0.15) is 14.9 Å². The molecule has 0 atom stereocenters. The molecule has 4 rings (SSSR count). The summed E-state index contributed by atoms with van der Waals surface area (Å²) in [5, 5.41) is 19.4. The van der Waals surface area contributed by atoms with Crippen LogP contribution in [0.4, 0.5) is 5.82 Å². The van der Waals surface area contributed by atoms with Crippen molar-refractivity contribution < 1.29 is 0 Å². The third-order valence-electron chi connectivity index (χ3n) is 3.70. The summed E-state index contributed by atoms with van der Waals surface area (Å²) in [6.45, 7) is 0.609. The van der Waals surface area contributed by atoms with Crippen molar-refractivity contribution in [3.8, 4) is 16.6 Å². The van der Waals surface area contributed by atoms with E-state index in [1.54, 1.807) is 22.0 Å². The van der Waals surface area contributed by atoms with Gasteiger partial charge in [-0.05, 0) is 17.0 Å². The predicted octanol–water partition coefficient (Wildman–Crippen LogP) is 3.94. The van der Waals surface area contributed by atoms with E-state index in [0.29, 0.717) is 29.3 Å². The predicted molar refractivity (Wildman–Crippen MR) is 94.8 cm³/mol. The third kappa shape index (κ3) is 2.51. The van der Waals surface area contributed by atoms with E-state index in [0.717, 1.165) is 10.4 Å². The minimum absolute atomic E-state index is 0.504. The number of fused-ring (bicyclic) bond motifs is 1. The zero-order valence-electron chi connectivity index (χ0n) is 12.7. The molecule has 0 fully saturated rings. The Balaban J connectivity index is 1.83. The first-order chi connectivity index (χ1) is 11.9. The number of nitrogens with one attached hydrogen (secondary N) is 1. The Morgan fingerprint density at radius 1 is 1.12 bits per heavy atom. The lowest BCUT2D eigenvalue weighted by molar-refractivity contribution is 0.923. The van der Waals surface area contributed by atoms with Crippen LogP contribution in [0.2, 0.25) is 0 Å². The van der Waals surface area contributed by atoms with Crippen LogP contribution in [-0.4, -0.2) is 14.6 Å². The molecular formula is C18H13N5S. The van der Waals surface area contributed by atoms with E-state index >= 15 is 0 Å². The van der Waals surface area contributed by atoms with Crippen LogP contribution in [0.5, 0.6) is 0 Å². The van der Waals surface area contributed by atoms with E-state index in [2.05, 4.69) is 21.5 Å². The highest BCUT2D eigenvalue weighted by atomic mass is 32.1. The Labute approximate surface area is 142 Å². The average molecular weight is 331 g/mol. The van der Waals surface area contributed by atoms with Gasteiger partial charge >= 0.3 is 0 Å². The molecule has 0 bridgehead atoms. The maximum atomic E-state index is 9.73. The van der Waals surface area contributed by atoms with E-state index in [9.17, 15) is 5.26 Å². The minimum Gasteiger partial charge on any atom is -0.365 e. The average Bonchev–Trinajstić information content (AvgIpc) is 3.30. The van der Waals surface area contributed by atoms with E-state index < -0.39 is 0 Å². The van der Waals surface area contributed by atoms with Crippen molar-refractivity contribution in [2.75, 3.05) is 5.32 Å². The minimum atomic E-state index is 0.504. The zero-order valence-corrected chi connectivity index (χ0v) is 13.5. The van der Waals surface area contributed by atoms with Crippen LogP contribution in [0.25, 0.3) is 16.2 Å². The van der Waals surface area contributed by atoms with Gasteiger partial charge in [0.1, 0.15) is 17.3 Å². The SMILES string of the molecule is N#Cc1c(-c2cccs2)nc2ccnn2c1NCc1ccccc1.